The van der Waals surface area contributed by atoms with E-state index in [-0.39, 0.29) is 18.0 Å². The minimum atomic E-state index is -0.454. The molecule has 214 valence electrons. The Morgan fingerprint density at radius 1 is 0.952 bits per heavy atom. The van der Waals surface area contributed by atoms with E-state index in [4.69, 9.17) is 24.4 Å². The van der Waals surface area contributed by atoms with Crippen LogP contribution in [0.5, 0.6) is 23.0 Å². The summed E-state index contributed by atoms with van der Waals surface area (Å²) >= 11 is 1.34. The monoisotopic (exact) mass is 581 g/mol. The van der Waals surface area contributed by atoms with E-state index in [1.54, 1.807) is 30.2 Å². The first-order valence-electron chi connectivity index (χ1n) is 13.5. The fourth-order valence-corrected chi connectivity index (χ4v) is 5.40. The molecule has 42 heavy (non-hydrogen) atoms. The van der Waals surface area contributed by atoms with Gasteiger partial charge in [0.2, 0.25) is 0 Å². The summed E-state index contributed by atoms with van der Waals surface area (Å²) in [6.07, 6.45) is 4.25. The molecular formula is C33H31N3O5S. The van der Waals surface area contributed by atoms with Gasteiger partial charge in [0.05, 0.1) is 25.0 Å². The third-order valence-electron chi connectivity index (χ3n) is 6.47. The highest BCUT2D eigenvalue weighted by molar-refractivity contribution is 8.17. The van der Waals surface area contributed by atoms with Crippen LogP contribution in [0.3, 0.4) is 0 Å². The minimum Gasteiger partial charge on any atom is -0.493 e. The molecule has 3 aromatic rings. The lowest BCUT2D eigenvalue weighted by molar-refractivity contribution is -0.114. The third-order valence-corrected chi connectivity index (χ3v) is 7.29. The molecule has 5 rings (SSSR count). The predicted molar refractivity (Wildman–Crippen MR) is 167 cm³/mol. The Morgan fingerprint density at radius 3 is 2.40 bits per heavy atom. The smallest absolute Gasteiger partial charge is 0.283 e. The van der Waals surface area contributed by atoms with Crippen LogP contribution < -0.4 is 18.9 Å². The number of aliphatic imine (C=N–C) groups is 1. The Labute approximate surface area is 249 Å². The van der Waals surface area contributed by atoms with E-state index < -0.39 is 5.91 Å². The molecule has 0 atom stereocenters. The van der Waals surface area contributed by atoms with Gasteiger partial charge in [0.25, 0.3) is 5.91 Å². The molecule has 1 N–H and O–H groups in total. The molecule has 9 heteroatoms. The topological polar surface area (TPSA) is 93.4 Å². The van der Waals surface area contributed by atoms with Crippen molar-refractivity contribution in [3.8, 4) is 23.0 Å². The molecule has 8 nitrogen and oxygen atoms in total. The number of hydrogen-bond donors (Lipinski definition) is 1. The molecule has 0 aliphatic carbocycles. The molecule has 0 aromatic heterocycles. The van der Waals surface area contributed by atoms with Crippen molar-refractivity contribution in [1.82, 2.24) is 4.90 Å². The van der Waals surface area contributed by atoms with E-state index in [0.717, 1.165) is 23.2 Å². The zero-order valence-electron chi connectivity index (χ0n) is 23.5. The van der Waals surface area contributed by atoms with Crippen LogP contribution in [0.15, 0.2) is 95.4 Å². The van der Waals surface area contributed by atoms with E-state index in [1.165, 1.54) is 11.8 Å². The number of carbonyl (C=O) groups is 1. The summed E-state index contributed by atoms with van der Waals surface area (Å²) in [6, 6.07) is 20.9. The zero-order chi connectivity index (χ0) is 29.5. The molecule has 0 radical (unpaired) electrons. The fraction of sp³-hybridized carbons (Fsp3) is 0.182. The number of nitrogens with zero attached hydrogens (tertiary/aromatic N) is 2. The molecule has 0 saturated heterocycles. The number of ether oxygens (including phenoxy) is 4. The highest BCUT2D eigenvalue weighted by atomic mass is 32.2. The minimum absolute atomic E-state index is 0.0773. The highest BCUT2D eigenvalue weighted by Gasteiger charge is 2.36. The van der Waals surface area contributed by atoms with E-state index in [2.05, 4.69) is 11.6 Å². The summed E-state index contributed by atoms with van der Waals surface area (Å²) in [6.45, 7) is 6.67. The van der Waals surface area contributed by atoms with Crippen molar-refractivity contribution in [2.24, 2.45) is 4.99 Å². The molecular weight excluding hydrogens is 550 g/mol. The summed E-state index contributed by atoms with van der Waals surface area (Å²) in [7, 11) is 1.61. The van der Waals surface area contributed by atoms with Gasteiger partial charge in [0.15, 0.2) is 28.2 Å². The normalized spacial score (nSPS) is 15.2. The van der Waals surface area contributed by atoms with Crippen LogP contribution in [0.1, 0.15) is 23.6 Å². The SMILES string of the molecule is C=CCc1ccc(OCCOc2ccc(C=C3C(=N)N4C(c5ccccc5)=CSC4=NC3=O)cc2OCC)c(OC)c1. The largest absolute Gasteiger partial charge is 0.493 e. The summed E-state index contributed by atoms with van der Waals surface area (Å²) < 4.78 is 23.2. The number of amidine groups is 2. The first kappa shape index (κ1) is 28.8. The van der Waals surface area contributed by atoms with Crippen molar-refractivity contribution < 1.29 is 23.7 Å². The quantitative estimate of drug-likeness (QED) is 0.147. The van der Waals surface area contributed by atoms with Crippen molar-refractivity contribution in [2.45, 2.75) is 13.3 Å². The van der Waals surface area contributed by atoms with Crippen LogP contribution in [0, 0.1) is 5.41 Å². The molecule has 2 aliphatic rings. The van der Waals surface area contributed by atoms with Gasteiger partial charge in [-0.15, -0.1) is 6.58 Å². The summed E-state index contributed by atoms with van der Waals surface area (Å²) in [5, 5.41) is 11.3. The van der Waals surface area contributed by atoms with Gasteiger partial charge in [-0.05, 0) is 60.4 Å². The standard InChI is InChI=1S/C33H31N3O5S/c1-4-9-22-12-14-27(29(19-22)38-3)40-16-17-41-28-15-13-23(20-30(28)39-5-2)18-25-31(34)36-26(24-10-7-6-8-11-24)21-42-33(36)35-32(25)37/h4,6-8,10-15,18-21,34H,1,5,9,16-17H2,2-3H3. The van der Waals surface area contributed by atoms with Crippen LogP contribution >= 0.6 is 11.8 Å². The Morgan fingerprint density at radius 2 is 1.69 bits per heavy atom. The molecule has 0 spiro atoms. The van der Waals surface area contributed by atoms with Gasteiger partial charge in [0, 0.05) is 5.41 Å². The van der Waals surface area contributed by atoms with Crippen molar-refractivity contribution in [3.63, 3.8) is 0 Å². The van der Waals surface area contributed by atoms with Gasteiger partial charge in [-0.2, -0.15) is 4.99 Å². The van der Waals surface area contributed by atoms with Crippen LogP contribution in [0.4, 0.5) is 0 Å². The van der Waals surface area contributed by atoms with Crippen molar-refractivity contribution in [3.05, 3.63) is 107 Å². The van der Waals surface area contributed by atoms with E-state index in [0.29, 0.717) is 46.9 Å². The number of benzene rings is 3. The van der Waals surface area contributed by atoms with Gasteiger partial charge in [0.1, 0.15) is 19.0 Å². The van der Waals surface area contributed by atoms with Crippen molar-refractivity contribution in [2.75, 3.05) is 26.9 Å². The Balaban J connectivity index is 1.29. The number of methoxy groups -OCH3 is 1. The first-order valence-corrected chi connectivity index (χ1v) is 14.4. The second kappa shape index (κ2) is 13.3. The van der Waals surface area contributed by atoms with Gasteiger partial charge >= 0.3 is 0 Å². The van der Waals surface area contributed by atoms with Crippen molar-refractivity contribution in [1.29, 1.82) is 5.41 Å². The molecule has 2 heterocycles. The number of fused-ring (bicyclic) bond motifs is 1. The average molecular weight is 582 g/mol. The van der Waals surface area contributed by atoms with Gasteiger partial charge in [-0.1, -0.05) is 60.3 Å². The van der Waals surface area contributed by atoms with Gasteiger partial charge in [-0.25, -0.2) is 0 Å². The number of thioether (sulfide) groups is 1. The number of allylic oxidation sites excluding steroid dienone is 1. The van der Waals surface area contributed by atoms with Gasteiger partial charge in [-0.3, -0.25) is 15.1 Å². The maximum absolute atomic E-state index is 12.9. The number of nitrogens with one attached hydrogen (secondary N) is 1. The first-order chi connectivity index (χ1) is 20.5. The number of amides is 1. The zero-order valence-corrected chi connectivity index (χ0v) is 24.3. The summed E-state index contributed by atoms with van der Waals surface area (Å²) in [4.78, 5) is 18.9. The second-order valence-electron chi connectivity index (χ2n) is 9.24. The number of rotatable bonds is 12. The lowest BCUT2D eigenvalue weighted by Gasteiger charge is -2.27. The fourth-order valence-electron chi connectivity index (χ4n) is 4.51. The Bertz CT molecular complexity index is 1600. The van der Waals surface area contributed by atoms with Crippen LogP contribution in [0.25, 0.3) is 11.8 Å². The molecule has 0 bridgehead atoms. The average Bonchev–Trinajstić information content (AvgIpc) is 3.43. The maximum Gasteiger partial charge on any atom is 0.283 e. The Kier molecular flexibility index (Phi) is 9.08. The maximum atomic E-state index is 12.9. The van der Waals surface area contributed by atoms with E-state index in [9.17, 15) is 4.79 Å². The third kappa shape index (κ3) is 6.26. The lowest BCUT2D eigenvalue weighted by atomic mass is 10.1. The number of carbonyl (C=O) groups excluding carboxylic acids is 1. The number of hydrogen-bond acceptors (Lipinski definition) is 7. The molecule has 0 saturated carbocycles. The lowest BCUT2D eigenvalue weighted by Crippen LogP contribution is -2.38. The van der Waals surface area contributed by atoms with Gasteiger partial charge < -0.3 is 18.9 Å². The van der Waals surface area contributed by atoms with E-state index in [1.807, 2.05) is 73.0 Å². The molecule has 0 unspecified atom stereocenters. The molecule has 0 fully saturated rings. The molecule has 2 aliphatic heterocycles. The molecule has 3 aromatic carbocycles. The highest BCUT2D eigenvalue weighted by Crippen LogP contribution is 2.38. The Hall–Kier alpha value is -4.76. The van der Waals surface area contributed by atoms with Crippen LogP contribution in [-0.4, -0.2) is 48.7 Å². The van der Waals surface area contributed by atoms with E-state index >= 15 is 0 Å². The van der Waals surface area contributed by atoms with Crippen LogP contribution in [-0.2, 0) is 11.2 Å². The van der Waals surface area contributed by atoms with Crippen molar-refractivity contribution >= 4 is 40.4 Å². The molecule has 1 amide bonds. The predicted octanol–water partition coefficient (Wildman–Crippen LogP) is 6.58. The van der Waals surface area contributed by atoms with Crippen LogP contribution in [0.2, 0.25) is 0 Å². The second-order valence-corrected chi connectivity index (χ2v) is 10.1. The summed E-state index contributed by atoms with van der Waals surface area (Å²) in [5.41, 5.74) is 3.73. The summed E-state index contributed by atoms with van der Waals surface area (Å²) in [5.74, 6) is 1.98.